The zero-order valence-corrected chi connectivity index (χ0v) is 19.5. The number of halogens is 1. The number of imide groups is 1. The monoisotopic (exact) mass is 474 g/mol. The molecule has 0 spiro atoms. The molecule has 34 heavy (non-hydrogen) atoms. The number of ether oxygens (including phenoxy) is 1. The van der Waals surface area contributed by atoms with Gasteiger partial charge in [-0.2, -0.15) is 0 Å². The quantitative estimate of drug-likeness (QED) is 0.458. The van der Waals surface area contributed by atoms with E-state index in [2.05, 4.69) is 5.32 Å². The second kappa shape index (κ2) is 8.08. The number of anilines is 1. The number of hydrogen-bond acceptors (Lipinski definition) is 5. The number of rotatable bonds is 4. The van der Waals surface area contributed by atoms with Crippen molar-refractivity contribution < 1.29 is 19.1 Å². The Balaban J connectivity index is 1.79. The Hall–Kier alpha value is -3.48. The van der Waals surface area contributed by atoms with E-state index < -0.39 is 34.8 Å². The van der Waals surface area contributed by atoms with Crippen molar-refractivity contribution in [2.45, 2.75) is 18.0 Å². The van der Waals surface area contributed by atoms with Crippen molar-refractivity contribution in [1.29, 1.82) is 0 Å². The molecule has 2 saturated heterocycles. The first-order chi connectivity index (χ1) is 16.3. The Kier molecular flexibility index (Phi) is 5.30. The van der Waals surface area contributed by atoms with Gasteiger partial charge in [0.05, 0.1) is 30.2 Å². The normalized spacial score (nSPS) is 25.3. The van der Waals surface area contributed by atoms with Gasteiger partial charge < -0.3 is 4.74 Å². The molecule has 5 rings (SSSR count). The van der Waals surface area contributed by atoms with Crippen molar-refractivity contribution in [2.75, 3.05) is 12.0 Å². The summed E-state index contributed by atoms with van der Waals surface area (Å²) in [5, 5.41) is 3.94. The van der Waals surface area contributed by atoms with Gasteiger partial charge in [-0.05, 0) is 42.3 Å². The highest BCUT2D eigenvalue weighted by Gasteiger charge is 2.73. The Labute approximate surface area is 202 Å². The fraction of sp³-hybridized carbons (Fsp3) is 0.222. The van der Waals surface area contributed by atoms with E-state index in [0.717, 1.165) is 11.1 Å². The number of nitrogens with one attached hydrogen (secondary N) is 1. The molecule has 0 radical (unpaired) electrons. The number of benzene rings is 3. The van der Waals surface area contributed by atoms with E-state index in [0.29, 0.717) is 10.7 Å². The van der Waals surface area contributed by atoms with Crippen LogP contribution >= 0.6 is 11.6 Å². The molecular weight excluding hydrogens is 452 g/mol. The number of fused-ring (bicyclic) bond motifs is 1. The van der Waals surface area contributed by atoms with Crippen LogP contribution in [0.5, 0.6) is 0 Å². The summed E-state index contributed by atoms with van der Waals surface area (Å²) in [6.07, 6.45) is 0. The molecule has 2 amide bonds. The summed E-state index contributed by atoms with van der Waals surface area (Å²) < 4.78 is 5.15. The van der Waals surface area contributed by atoms with Crippen LogP contribution in [0.1, 0.15) is 18.1 Å². The molecule has 0 aliphatic carbocycles. The van der Waals surface area contributed by atoms with Crippen molar-refractivity contribution in [3.05, 3.63) is 101 Å². The van der Waals surface area contributed by atoms with E-state index >= 15 is 0 Å². The molecule has 0 bridgehead atoms. The molecule has 3 atom stereocenters. The van der Waals surface area contributed by atoms with Gasteiger partial charge >= 0.3 is 5.97 Å². The van der Waals surface area contributed by atoms with Crippen molar-refractivity contribution in [2.24, 2.45) is 11.8 Å². The van der Waals surface area contributed by atoms with Crippen molar-refractivity contribution in [3.63, 3.8) is 0 Å². The molecule has 2 aliphatic heterocycles. The van der Waals surface area contributed by atoms with E-state index in [4.69, 9.17) is 16.3 Å². The van der Waals surface area contributed by atoms with Gasteiger partial charge in [-0.15, -0.1) is 0 Å². The Morgan fingerprint density at radius 1 is 0.853 bits per heavy atom. The maximum atomic E-state index is 14.1. The van der Waals surface area contributed by atoms with Crippen LogP contribution in [0.25, 0.3) is 0 Å². The molecule has 2 heterocycles. The smallest absolute Gasteiger partial charge is 0.326 e. The zero-order valence-electron chi connectivity index (χ0n) is 18.7. The summed E-state index contributed by atoms with van der Waals surface area (Å²) in [6, 6.07) is 25.4. The van der Waals surface area contributed by atoms with Crippen LogP contribution in [-0.2, 0) is 24.7 Å². The topological polar surface area (TPSA) is 75.7 Å². The second-order valence-electron chi connectivity index (χ2n) is 8.80. The summed E-state index contributed by atoms with van der Waals surface area (Å²) in [7, 11) is 1.29. The lowest BCUT2D eigenvalue weighted by atomic mass is 9.70. The lowest BCUT2D eigenvalue weighted by Gasteiger charge is -2.38. The first-order valence-corrected chi connectivity index (χ1v) is 11.3. The van der Waals surface area contributed by atoms with Gasteiger partial charge in [0, 0.05) is 5.02 Å². The molecule has 0 unspecified atom stereocenters. The lowest BCUT2D eigenvalue weighted by molar-refractivity contribution is -0.151. The number of carbonyl (C=O) groups is 3. The lowest BCUT2D eigenvalue weighted by Crippen LogP contribution is -2.58. The van der Waals surface area contributed by atoms with Gasteiger partial charge in [0.1, 0.15) is 5.54 Å². The highest BCUT2D eigenvalue weighted by molar-refractivity contribution is 6.31. The van der Waals surface area contributed by atoms with Gasteiger partial charge in [-0.3, -0.25) is 19.7 Å². The largest absolute Gasteiger partial charge is 0.468 e. The minimum atomic E-state index is -1.45. The van der Waals surface area contributed by atoms with E-state index in [1.807, 2.05) is 60.7 Å². The maximum absolute atomic E-state index is 14.1. The van der Waals surface area contributed by atoms with Gasteiger partial charge in [0.25, 0.3) is 0 Å². The van der Waals surface area contributed by atoms with Crippen LogP contribution in [-0.4, -0.2) is 30.4 Å². The number of carbonyl (C=O) groups excluding carboxylic acids is 3. The van der Waals surface area contributed by atoms with Crippen LogP contribution in [0.3, 0.4) is 0 Å². The zero-order chi connectivity index (χ0) is 24.1. The number of hydrogen-bond donors (Lipinski definition) is 1. The Morgan fingerprint density at radius 2 is 1.35 bits per heavy atom. The Morgan fingerprint density at radius 3 is 1.85 bits per heavy atom. The van der Waals surface area contributed by atoms with Crippen LogP contribution < -0.4 is 10.2 Å². The number of methoxy groups -OCH3 is 1. The van der Waals surface area contributed by atoms with Crippen molar-refractivity contribution in [3.8, 4) is 0 Å². The molecule has 7 heteroatoms. The molecular formula is C27H23ClN2O4. The third kappa shape index (κ3) is 3.02. The van der Waals surface area contributed by atoms with E-state index in [-0.39, 0.29) is 5.91 Å². The number of nitrogens with zero attached hydrogens (tertiary/aromatic N) is 1. The molecule has 172 valence electrons. The second-order valence-corrected chi connectivity index (χ2v) is 9.24. The first-order valence-electron chi connectivity index (χ1n) is 11.0. The molecule has 3 aromatic carbocycles. The maximum Gasteiger partial charge on any atom is 0.326 e. The molecule has 1 N–H and O–H groups in total. The predicted molar refractivity (Wildman–Crippen MR) is 128 cm³/mol. The molecule has 3 aromatic rings. The van der Waals surface area contributed by atoms with Crippen molar-refractivity contribution in [1.82, 2.24) is 5.32 Å². The van der Waals surface area contributed by atoms with Crippen LogP contribution in [0.4, 0.5) is 5.69 Å². The van der Waals surface area contributed by atoms with Gasteiger partial charge in [0.2, 0.25) is 11.8 Å². The van der Waals surface area contributed by atoms with E-state index in [9.17, 15) is 14.4 Å². The molecule has 2 fully saturated rings. The summed E-state index contributed by atoms with van der Waals surface area (Å²) >= 11 is 6.04. The fourth-order valence-electron chi connectivity index (χ4n) is 5.56. The summed E-state index contributed by atoms with van der Waals surface area (Å²) in [4.78, 5) is 42.4. The SMILES string of the molecule is COC(=O)[C@]1(C)NC(c2ccccc2)(c2ccccc2)[C@@H]2C(=O)N(c3ccc(Cl)cc3)C(=O)[C@@H]21. The van der Waals surface area contributed by atoms with Gasteiger partial charge in [-0.25, -0.2) is 4.90 Å². The molecule has 0 saturated carbocycles. The van der Waals surface area contributed by atoms with Crippen molar-refractivity contribution >= 4 is 35.1 Å². The van der Waals surface area contributed by atoms with Crippen LogP contribution in [0.2, 0.25) is 5.02 Å². The number of esters is 1. The van der Waals surface area contributed by atoms with Crippen LogP contribution in [0, 0.1) is 11.8 Å². The van der Waals surface area contributed by atoms with E-state index in [1.54, 1.807) is 31.2 Å². The highest BCUT2D eigenvalue weighted by Crippen LogP contribution is 2.55. The molecule has 2 aliphatic rings. The average molecular weight is 475 g/mol. The van der Waals surface area contributed by atoms with Gasteiger partial charge in [0.15, 0.2) is 0 Å². The summed E-state index contributed by atoms with van der Waals surface area (Å²) in [6.45, 7) is 1.64. The summed E-state index contributed by atoms with van der Waals surface area (Å²) in [5.74, 6) is -3.31. The highest BCUT2D eigenvalue weighted by atomic mass is 35.5. The standard InChI is InChI=1S/C27H23ClN2O4/c1-26(25(33)34-2)21-22(24(32)30(23(21)31)20-15-13-19(28)14-16-20)27(29-26,17-9-5-3-6-10-17)18-11-7-4-8-12-18/h3-16,21-22,29H,1-2H3/t21-,22+,26-/m1/s1. The van der Waals surface area contributed by atoms with Crippen LogP contribution in [0.15, 0.2) is 84.9 Å². The third-order valence-corrected chi connectivity index (χ3v) is 7.26. The van der Waals surface area contributed by atoms with E-state index in [1.165, 1.54) is 12.0 Å². The first kappa shape index (κ1) is 22.3. The third-order valence-electron chi connectivity index (χ3n) is 7.00. The molecule has 0 aromatic heterocycles. The molecule has 6 nitrogen and oxygen atoms in total. The van der Waals surface area contributed by atoms with Gasteiger partial charge in [-0.1, -0.05) is 72.3 Å². The average Bonchev–Trinajstić information content (AvgIpc) is 3.31. The predicted octanol–water partition coefficient (Wildman–Crippen LogP) is 3.92. The fourth-order valence-corrected chi connectivity index (χ4v) is 5.69. The minimum absolute atomic E-state index is 0.384. The number of amides is 2. The summed E-state index contributed by atoms with van der Waals surface area (Å²) in [5.41, 5.74) is -0.606. The minimum Gasteiger partial charge on any atom is -0.468 e. The Bertz CT molecular complexity index is 1220.